The fourth-order valence-electron chi connectivity index (χ4n) is 3.69. The number of carbonyl (C=O) groups excluding carboxylic acids is 1. The van der Waals surface area contributed by atoms with Crippen LogP contribution in [0, 0.1) is 5.92 Å². The van der Waals surface area contributed by atoms with Crippen LogP contribution >= 0.6 is 12.2 Å². The molecular formula is C24H28N2O4S. The standard InChI is InChI=1S/C24H28N2O4S/c1-28-19-12-18(13-20(14-19)29-2)26-23(17-6-4-3-5-7-17)24(27)22(25)21(15-31)16-8-10-30-11-9-16/h3-7,12-16,23,26H,8-11,25H2,1-2H3. The third kappa shape index (κ3) is 5.62. The van der Waals surface area contributed by atoms with E-state index in [1.165, 1.54) is 0 Å². The highest BCUT2D eigenvalue weighted by molar-refractivity contribution is 7.79. The molecule has 1 saturated heterocycles. The minimum Gasteiger partial charge on any atom is -0.497 e. The van der Waals surface area contributed by atoms with E-state index in [1.807, 2.05) is 42.5 Å². The summed E-state index contributed by atoms with van der Waals surface area (Å²) >= 11 is 5.24. The first-order chi connectivity index (χ1) is 15.1. The van der Waals surface area contributed by atoms with Crippen molar-refractivity contribution in [1.29, 1.82) is 0 Å². The Bertz CT molecular complexity index is 918. The number of hydrogen-bond donors (Lipinski definition) is 2. The number of thiocarbonyl (C=S) groups is 1. The van der Waals surface area contributed by atoms with Crippen molar-refractivity contribution < 1.29 is 19.0 Å². The number of Topliss-reactive ketones (excluding diaryl/α,β-unsaturated/α-hetero) is 1. The molecule has 0 saturated carbocycles. The molecule has 1 unspecified atom stereocenters. The fourth-order valence-corrected chi connectivity index (χ4v) is 4.01. The van der Waals surface area contributed by atoms with Crippen LogP contribution in [0.1, 0.15) is 24.4 Å². The predicted molar refractivity (Wildman–Crippen MR) is 126 cm³/mol. The van der Waals surface area contributed by atoms with Crippen molar-refractivity contribution in [2.45, 2.75) is 18.9 Å². The van der Waals surface area contributed by atoms with Crippen LogP contribution in [0.15, 0.2) is 59.8 Å². The van der Waals surface area contributed by atoms with Gasteiger partial charge in [-0.25, -0.2) is 0 Å². The van der Waals surface area contributed by atoms with Gasteiger partial charge >= 0.3 is 0 Å². The molecule has 1 atom stereocenters. The third-order valence-corrected chi connectivity index (χ3v) is 5.68. The Morgan fingerprint density at radius 1 is 1.13 bits per heavy atom. The second-order valence-electron chi connectivity index (χ2n) is 7.33. The van der Waals surface area contributed by atoms with E-state index >= 15 is 0 Å². The van der Waals surface area contributed by atoms with Gasteiger partial charge in [-0.05, 0) is 29.9 Å². The molecule has 0 aromatic heterocycles. The highest BCUT2D eigenvalue weighted by Crippen LogP contribution is 2.31. The number of ether oxygens (including phenoxy) is 3. The summed E-state index contributed by atoms with van der Waals surface area (Å²) < 4.78 is 16.2. The van der Waals surface area contributed by atoms with E-state index in [0.29, 0.717) is 36.0 Å². The van der Waals surface area contributed by atoms with E-state index in [-0.39, 0.29) is 17.4 Å². The zero-order chi connectivity index (χ0) is 22.2. The van der Waals surface area contributed by atoms with Crippen LogP contribution in [0.25, 0.3) is 0 Å². The zero-order valence-electron chi connectivity index (χ0n) is 17.8. The van der Waals surface area contributed by atoms with Gasteiger partial charge in [-0.1, -0.05) is 42.5 Å². The van der Waals surface area contributed by atoms with Crippen molar-refractivity contribution in [2.75, 3.05) is 32.8 Å². The van der Waals surface area contributed by atoms with E-state index in [4.69, 9.17) is 32.2 Å². The van der Waals surface area contributed by atoms with Gasteiger partial charge in [0.15, 0.2) is 0 Å². The Morgan fingerprint density at radius 2 is 1.74 bits per heavy atom. The van der Waals surface area contributed by atoms with Crippen LogP contribution in [0.2, 0.25) is 0 Å². The summed E-state index contributed by atoms with van der Waals surface area (Å²) in [7, 11) is 3.16. The van der Waals surface area contributed by atoms with E-state index in [0.717, 1.165) is 18.4 Å². The molecule has 1 aliphatic heterocycles. The predicted octanol–water partition coefficient (Wildman–Crippen LogP) is 4.07. The Kier molecular flexibility index (Phi) is 8.03. The van der Waals surface area contributed by atoms with Gasteiger partial charge in [-0.2, -0.15) is 0 Å². The quantitative estimate of drug-likeness (QED) is 0.449. The number of carbonyl (C=O) groups is 1. The minimum absolute atomic E-state index is 0.128. The number of benzene rings is 2. The molecule has 0 spiro atoms. The van der Waals surface area contributed by atoms with Crippen LogP contribution in [0.5, 0.6) is 11.5 Å². The van der Waals surface area contributed by atoms with Crippen molar-refractivity contribution in [3.05, 3.63) is 65.4 Å². The van der Waals surface area contributed by atoms with Gasteiger partial charge in [0.25, 0.3) is 0 Å². The lowest BCUT2D eigenvalue weighted by molar-refractivity contribution is -0.116. The Balaban J connectivity index is 1.98. The number of anilines is 1. The zero-order valence-corrected chi connectivity index (χ0v) is 18.6. The molecule has 3 N–H and O–H groups in total. The number of methoxy groups -OCH3 is 2. The van der Waals surface area contributed by atoms with Crippen LogP contribution in [-0.4, -0.2) is 38.6 Å². The molecular weight excluding hydrogens is 412 g/mol. The lowest BCUT2D eigenvalue weighted by Gasteiger charge is -2.26. The molecule has 0 amide bonds. The first-order valence-electron chi connectivity index (χ1n) is 10.2. The molecule has 1 fully saturated rings. The second kappa shape index (κ2) is 10.9. The van der Waals surface area contributed by atoms with E-state index in [2.05, 4.69) is 5.32 Å². The molecule has 0 radical (unpaired) electrons. The summed E-state index contributed by atoms with van der Waals surface area (Å²) in [6.45, 7) is 1.28. The number of allylic oxidation sites excluding steroid dienone is 1. The molecule has 1 aliphatic rings. The van der Waals surface area contributed by atoms with Gasteiger partial charge in [0.1, 0.15) is 17.5 Å². The van der Waals surface area contributed by atoms with Crippen LogP contribution < -0.4 is 20.5 Å². The number of hydrogen-bond acceptors (Lipinski definition) is 7. The van der Waals surface area contributed by atoms with Crippen LogP contribution in [0.4, 0.5) is 5.69 Å². The average molecular weight is 441 g/mol. The fraction of sp³-hybridized carbons (Fsp3) is 0.333. The summed E-state index contributed by atoms with van der Waals surface area (Å²) in [6, 6.07) is 14.2. The first-order valence-corrected chi connectivity index (χ1v) is 10.7. The highest BCUT2D eigenvalue weighted by Gasteiger charge is 2.28. The maximum atomic E-state index is 13.6. The van der Waals surface area contributed by atoms with Gasteiger partial charge < -0.3 is 25.3 Å². The smallest absolute Gasteiger partial charge is 0.205 e. The molecule has 1 heterocycles. The topological polar surface area (TPSA) is 82.8 Å². The maximum Gasteiger partial charge on any atom is 0.205 e. The van der Waals surface area contributed by atoms with Crippen molar-refractivity contribution in [3.8, 4) is 11.5 Å². The van der Waals surface area contributed by atoms with Gasteiger partial charge in [-0.15, -0.1) is 0 Å². The van der Waals surface area contributed by atoms with Crippen LogP contribution in [0.3, 0.4) is 0 Å². The number of nitrogens with one attached hydrogen (secondary N) is 1. The minimum atomic E-state index is -0.692. The number of ketones is 1. The lowest BCUT2D eigenvalue weighted by atomic mass is 9.88. The summed E-state index contributed by atoms with van der Waals surface area (Å²) in [4.78, 5) is 13.6. The van der Waals surface area contributed by atoms with Crippen molar-refractivity contribution in [1.82, 2.24) is 0 Å². The third-order valence-electron chi connectivity index (χ3n) is 5.42. The molecule has 3 rings (SSSR count). The van der Waals surface area contributed by atoms with Gasteiger partial charge in [0.2, 0.25) is 5.78 Å². The molecule has 0 bridgehead atoms. The van der Waals surface area contributed by atoms with E-state index in [1.54, 1.807) is 25.7 Å². The SMILES string of the molecule is COc1cc(NC(C(=O)C(N)=C(C=S)C2CCOCC2)c2ccccc2)cc(OC)c1. The van der Waals surface area contributed by atoms with Crippen molar-refractivity contribution in [3.63, 3.8) is 0 Å². The van der Waals surface area contributed by atoms with Crippen molar-refractivity contribution in [2.24, 2.45) is 11.7 Å². The molecule has 31 heavy (non-hydrogen) atoms. The monoisotopic (exact) mass is 440 g/mol. The molecule has 6 nitrogen and oxygen atoms in total. The molecule has 7 heteroatoms. The van der Waals surface area contributed by atoms with Gasteiger partial charge in [0.05, 0.1) is 19.9 Å². The lowest BCUT2D eigenvalue weighted by Crippen LogP contribution is -2.30. The Morgan fingerprint density at radius 3 is 2.29 bits per heavy atom. The second-order valence-corrected chi connectivity index (χ2v) is 7.56. The first kappa shape index (κ1) is 22.8. The van der Waals surface area contributed by atoms with E-state index < -0.39 is 6.04 Å². The molecule has 2 aromatic carbocycles. The Hall–Kier alpha value is -2.90. The summed E-state index contributed by atoms with van der Waals surface area (Å²) in [5.41, 5.74) is 8.80. The average Bonchev–Trinajstić information content (AvgIpc) is 2.83. The van der Waals surface area contributed by atoms with Crippen LogP contribution in [-0.2, 0) is 9.53 Å². The summed E-state index contributed by atoms with van der Waals surface area (Å²) in [5.74, 6) is 1.14. The number of nitrogens with two attached hydrogens (primary N) is 1. The normalized spacial score (nSPS) is 16.1. The number of rotatable bonds is 9. The largest absolute Gasteiger partial charge is 0.497 e. The summed E-state index contributed by atoms with van der Waals surface area (Å²) in [6.07, 6.45) is 1.60. The van der Waals surface area contributed by atoms with Crippen molar-refractivity contribution >= 4 is 29.1 Å². The molecule has 0 aliphatic carbocycles. The van der Waals surface area contributed by atoms with Gasteiger partial charge in [0, 0.05) is 42.5 Å². The summed E-state index contributed by atoms with van der Waals surface area (Å²) in [5, 5.41) is 4.85. The molecule has 164 valence electrons. The van der Waals surface area contributed by atoms with Gasteiger partial charge in [-0.3, -0.25) is 4.79 Å². The maximum absolute atomic E-state index is 13.6. The highest BCUT2D eigenvalue weighted by atomic mass is 32.1. The molecule has 2 aromatic rings. The van der Waals surface area contributed by atoms with E-state index in [9.17, 15) is 4.79 Å². The Labute approximate surface area is 188 Å².